The van der Waals surface area contributed by atoms with E-state index in [1.807, 2.05) is 6.20 Å². The molecule has 2 aromatic heterocycles. The van der Waals surface area contributed by atoms with E-state index < -0.39 is 0 Å². The minimum atomic E-state index is 0.186. The van der Waals surface area contributed by atoms with Crippen molar-refractivity contribution in [2.24, 2.45) is 5.73 Å². The van der Waals surface area contributed by atoms with Gasteiger partial charge in [0.2, 0.25) is 5.89 Å². The number of nitrogen functional groups attached to an aromatic ring is 1. The lowest BCUT2D eigenvalue weighted by Crippen LogP contribution is -2.01. The maximum absolute atomic E-state index is 5.63. The van der Waals surface area contributed by atoms with E-state index in [0.717, 1.165) is 18.4 Å². The van der Waals surface area contributed by atoms with Crippen LogP contribution in [0.5, 0.6) is 0 Å². The largest absolute Gasteiger partial charge is 0.365 e. The zero-order valence-electron chi connectivity index (χ0n) is 11.1. The number of fused-ring (bicyclic) bond motifs is 1. The van der Waals surface area contributed by atoms with Crippen molar-refractivity contribution in [1.82, 2.24) is 15.1 Å². The first-order chi connectivity index (χ1) is 9.76. The molecule has 0 spiro atoms. The van der Waals surface area contributed by atoms with Gasteiger partial charge in [0.25, 0.3) is 5.95 Å². The molecule has 20 heavy (non-hydrogen) atoms. The van der Waals surface area contributed by atoms with Gasteiger partial charge in [0.05, 0.1) is 0 Å². The van der Waals surface area contributed by atoms with E-state index in [0.29, 0.717) is 18.9 Å². The lowest BCUT2D eigenvalue weighted by Gasteiger charge is -2.01. The molecule has 5 N–H and O–H groups in total. The molecule has 3 rings (SSSR count). The van der Waals surface area contributed by atoms with Gasteiger partial charge in [-0.2, -0.15) is 4.98 Å². The molecule has 0 saturated heterocycles. The van der Waals surface area contributed by atoms with E-state index >= 15 is 0 Å². The number of nitrogens with zero attached hydrogens (tertiary/aromatic N) is 2. The van der Waals surface area contributed by atoms with Crippen LogP contribution in [0, 0.1) is 0 Å². The summed E-state index contributed by atoms with van der Waals surface area (Å²) in [6, 6.07) is 6.38. The van der Waals surface area contributed by atoms with E-state index in [9.17, 15) is 0 Å². The number of hydrogen-bond acceptors (Lipinski definition) is 5. The maximum atomic E-state index is 5.63. The SMILES string of the molecule is NCCc1c[nH]c2ccc(CCc3nc(N)no3)cc12. The third-order valence-electron chi connectivity index (χ3n) is 3.36. The monoisotopic (exact) mass is 271 g/mol. The molecule has 1 aromatic carbocycles. The van der Waals surface area contributed by atoms with Crippen LogP contribution in [0.3, 0.4) is 0 Å². The van der Waals surface area contributed by atoms with Crippen LogP contribution >= 0.6 is 0 Å². The van der Waals surface area contributed by atoms with E-state index in [-0.39, 0.29) is 5.95 Å². The third-order valence-corrected chi connectivity index (χ3v) is 3.36. The molecule has 0 bridgehead atoms. The molecule has 6 nitrogen and oxygen atoms in total. The fourth-order valence-corrected chi connectivity index (χ4v) is 2.36. The van der Waals surface area contributed by atoms with Gasteiger partial charge in [-0.1, -0.05) is 6.07 Å². The zero-order chi connectivity index (χ0) is 13.9. The molecular weight excluding hydrogens is 254 g/mol. The first-order valence-corrected chi connectivity index (χ1v) is 6.63. The van der Waals surface area contributed by atoms with Gasteiger partial charge in [-0.3, -0.25) is 0 Å². The highest BCUT2D eigenvalue weighted by Crippen LogP contribution is 2.21. The minimum Gasteiger partial charge on any atom is -0.365 e. The number of rotatable bonds is 5. The summed E-state index contributed by atoms with van der Waals surface area (Å²) in [5.74, 6) is 0.755. The van der Waals surface area contributed by atoms with Crippen molar-refractivity contribution in [1.29, 1.82) is 0 Å². The van der Waals surface area contributed by atoms with Crippen molar-refractivity contribution < 1.29 is 4.52 Å². The van der Waals surface area contributed by atoms with Crippen molar-refractivity contribution in [2.45, 2.75) is 19.3 Å². The average Bonchev–Trinajstić information content (AvgIpc) is 3.04. The Kier molecular flexibility index (Phi) is 3.39. The van der Waals surface area contributed by atoms with E-state index in [4.69, 9.17) is 16.0 Å². The molecule has 104 valence electrons. The number of nitrogens with two attached hydrogens (primary N) is 2. The van der Waals surface area contributed by atoms with Crippen LogP contribution in [0.4, 0.5) is 5.95 Å². The fourth-order valence-electron chi connectivity index (χ4n) is 2.36. The Morgan fingerprint density at radius 2 is 2.10 bits per heavy atom. The summed E-state index contributed by atoms with van der Waals surface area (Å²) in [5.41, 5.74) is 14.7. The standard InChI is InChI=1S/C14H17N5O/c15-6-5-10-8-17-12-3-1-9(7-11(10)12)2-4-13-18-14(16)19-20-13/h1,3,7-8,17H,2,4-6,15H2,(H2,16,19). The highest BCUT2D eigenvalue weighted by atomic mass is 16.5. The molecule has 0 amide bonds. The van der Waals surface area contributed by atoms with Crippen molar-refractivity contribution in [2.75, 3.05) is 12.3 Å². The molecule has 2 heterocycles. The maximum Gasteiger partial charge on any atom is 0.260 e. The van der Waals surface area contributed by atoms with Crippen LogP contribution in [0.25, 0.3) is 10.9 Å². The zero-order valence-corrected chi connectivity index (χ0v) is 11.1. The second-order valence-corrected chi connectivity index (χ2v) is 4.78. The van der Waals surface area contributed by atoms with Crippen molar-refractivity contribution in [3.05, 3.63) is 41.4 Å². The molecule has 0 saturated carbocycles. The lowest BCUT2D eigenvalue weighted by molar-refractivity contribution is 0.379. The highest BCUT2D eigenvalue weighted by molar-refractivity contribution is 5.83. The summed E-state index contributed by atoms with van der Waals surface area (Å²) in [5, 5.41) is 4.82. The number of nitrogens with one attached hydrogen (secondary N) is 1. The van der Waals surface area contributed by atoms with E-state index in [1.54, 1.807) is 0 Å². The number of benzene rings is 1. The fraction of sp³-hybridized carbons (Fsp3) is 0.286. The predicted octanol–water partition coefficient (Wildman–Crippen LogP) is 1.42. The number of aromatic amines is 1. The van der Waals surface area contributed by atoms with Crippen LogP contribution < -0.4 is 11.5 Å². The summed E-state index contributed by atoms with van der Waals surface area (Å²) in [7, 11) is 0. The summed E-state index contributed by atoms with van der Waals surface area (Å²) in [6.45, 7) is 0.651. The topological polar surface area (TPSA) is 107 Å². The lowest BCUT2D eigenvalue weighted by atomic mass is 10.0. The molecular formula is C14H17N5O. The first kappa shape index (κ1) is 12.7. The molecule has 0 unspecified atom stereocenters. The first-order valence-electron chi connectivity index (χ1n) is 6.63. The van der Waals surface area contributed by atoms with E-state index in [1.165, 1.54) is 16.5 Å². The normalized spacial score (nSPS) is 11.2. The Labute approximate surface area is 116 Å². The molecule has 0 fully saturated rings. The van der Waals surface area contributed by atoms with Gasteiger partial charge in [0, 0.05) is 23.5 Å². The molecule has 3 aromatic rings. The number of aromatic nitrogens is 3. The van der Waals surface area contributed by atoms with Crippen LogP contribution in [-0.4, -0.2) is 21.7 Å². The van der Waals surface area contributed by atoms with Crippen LogP contribution in [0.2, 0.25) is 0 Å². The summed E-state index contributed by atoms with van der Waals surface area (Å²) in [4.78, 5) is 7.27. The van der Waals surface area contributed by atoms with Gasteiger partial charge in [-0.15, -0.1) is 0 Å². The quantitative estimate of drug-likeness (QED) is 0.650. The van der Waals surface area contributed by atoms with Gasteiger partial charge in [-0.05, 0) is 47.8 Å². The third kappa shape index (κ3) is 2.50. The molecule has 0 aliphatic heterocycles. The van der Waals surface area contributed by atoms with Gasteiger partial charge in [-0.25, -0.2) is 0 Å². The summed E-state index contributed by atoms with van der Waals surface area (Å²) < 4.78 is 5.01. The molecule has 0 aliphatic carbocycles. The van der Waals surface area contributed by atoms with Crippen molar-refractivity contribution in [3.63, 3.8) is 0 Å². The predicted molar refractivity (Wildman–Crippen MR) is 77.2 cm³/mol. The molecule has 0 aliphatic rings. The number of H-pyrrole nitrogens is 1. The highest BCUT2D eigenvalue weighted by Gasteiger charge is 2.07. The molecule has 0 radical (unpaired) electrons. The Bertz CT molecular complexity index is 715. The van der Waals surface area contributed by atoms with Gasteiger partial charge in [0.15, 0.2) is 0 Å². The summed E-state index contributed by atoms with van der Waals surface area (Å²) >= 11 is 0. The Morgan fingerprint density at radius 1 is 1.20 bits per heavy atom. The van der Waals surface area contributed by atoms with Crippen LogP contribution in [0.1, 0.15) is 17.0 Å². The molecule has 0 atom stereocenters. The summed E-state index contributed by atoms with van der Waals surface area (Å²) in [6.07, 6.45) is 4.43. The van der Waals surface area contributed by atoms with Crippen molar-refractivity contribution >= 4 is 16.9 Å². The second-order valence-electron chi connectivity index (χ2n) is 4.78. The smallest absolute Gasteiger partial charge is 0.260 e. The minimum absolute atomic E-state index is 0.186. The Balaban J connectivity index is 1.79. The van der Waals surface area contributed by atoms with Crippen LogP contribution in [0.15, 0.2) is 28.9 Å². The average molecular weight is 271 g/mol. The van der Waals surface area contributed by atoms with Gasteiger partial charge >= 0.3 is 0 Å². The number of aryl methyl sites for hydroxylation is 2. The van der Waals surface area contributed by atoms with Crippen molar-refractivity contribution in [3.8, 4) is 0 Å². The van der Waals surface area contributed by atoms with Gasteiger partial charge in [0.1, 0.15) is 0 Å². The Morgan fingerprint density at radius 3 is 2.85 bits per heavy atom. The number of hydrogen-bond donors (Lipinski definition) is 3. The second kappa shape index (κ2) is 5.34. The molecule has 6 heteroatoms. The van der Waals surface area contributed by atoms with Crippen LogP contribution in [-0.2, 0) is 19.3 Å². The Hall–Kier alpha value is -2.34. The number of anilines is 1. The van der Waals surface area contributed by atoms with Gasteiger partial charge < -0.3 is 21.0 Å². The van der Waals surface area contributed by atoms with E-state index in [2.05, 4.69) is 33.3 Å².